The molecule has 1 atom stereocenters. The molecule has 2 nitrogen and oxygen atoms in total. The van der Waals surface area contributed by atoms with Gasteiger partial charge in [-0.15, -0.1) is 12.4 Å². The van der Waals surface area contributed by atoms with E-state index >= 15 is 0 Å². The second-order valence-corrected chi connectivity index (χ2v) is 4.95. The minimum absolute atomic E-state index is 0. The Morgan fingerprint density at radius 1 is 1.24 bits per heavy atom. The largest absolute Gasteiger partial charge is 0.419 e. The van der Waals surface area contributed by atoms with E-state index in [1.54, 1.807) is 0 Å². The van der Waals surface area contributed by atoms with Gasteiger partial charge in [0.05, 0.1) is 5.56 Å². The van der Waals surface area contributed by atoms with Crippen LogP contribution in [-0.2, 0) is 6.18 Å². The van der Waals surface area contributed by atoms with Crippen LogP contribution >= 0.6 is 12.4 Å². The summed E-state index contributed by atoms with van der Waals surface area (Å²) in [5.41, 5.74) is -0.647. The van der Waals surface area contributed by atoms with Gasteiger partial charge in [0.15, 0.2) is 0 Å². The van der Waals surface area contributed by atoms with Gasteiger partial charge < -0.3 is 5.32 Å². The maximum absolute atomic E-state index is 13.3. The molecule has 1 heterocycles. The van der Waals surface area contributed by atoms with Crippen molar-refractivity contribution in [2.45, 2.75) is 25.6 Å². The van der Waals surface area contributed by atoms with E-state index in [1.807, 2.05) is 6.92 Å². The minimum Gasteiger partial charge on any atom is -0.314 e. The van der Waals surface area contributed by atoms with Crippen molar-refractivity contribution in [1.82, 2.24) is 10.2 Å². The molecule has 0 amide bonds. The number of halogens is 5. The van der Waals surface area contributed by atoms with Gasteiger partial charge in [-0.2, -0.15) is 13.2 Å². The first-order valence-corrected chi connectivity index (χ1v) is 6.75. The van der Waals surface area contributed by atoms with Crippen LogP contribution in [0.5, 0.6) is 0 Å². The highest BCUT2D eigenvalue weighted by Crippen LogP contribution is 2.34. The molecule has 7 heteroatoms. The quantitative estimate of drug-likeness (QED) is 0.853. The second kappa shape index (κ2) is 7.42. The fourth-order valence-electron chi connectivity index (χ4n) is 2.67. The average Bonchev–Trinajstić information content (AvgIpc) is 2.41. The molecular weight excluding hydrogens is 308 g/mol. The summed E-state index contributed by atoms with van der Waals surface area (Å²) >= 11 is 0. The predicted octanol–water partition coefficient (Wildman–Crippen LogP) is 3.62. The molecule has 2 rings (SSSR count). The van der Waals surface area contributed by atoms with Gasteiger partial charge in [0.25, 0.3) is 0 Å². The lowest BCUT2D eigenvalue weighted by molar-refractivity contribution is -0.140. The van der Waals surface area contributed by atoms with Crippen molar-refractivity contribution in [2.75, 3.05) is 26.2 Å². The van der Waals surface area contributed by atoms with E-state index in [9.17, 15) is 17.6 Å². The minimum atomic E-state index is -4.65. The SMILES string of the molecule is CC[C@H](c1ccc(F)c(C(F)(F)F)c1)N1CCNCC1.Cl. The molecule has 1 aliphatic rings. The normalized spacial score (nSPS) is 18.1. The van der Waals surface area contributed by atoms with E-state index < -0.39 is 17.6 Å². The molecule has 1 N–H and O–H groups in total. The van der Waals surface area contributed by atoms with E-state index in [-0.39, 0.29) is 18.4 Å². The highest BCUT2D eigenvalue weighted by Gasteiger charge is 2.35. The van der Waals surface area contributed by atoms with Crippen LogP contribution in [0.15, 0.2) is 18.2 Å². The summed E-state index contributed by atoms with van der Waals surface area (Å²) in [5.74, 6) is -1.21. The van der Waals surface area contributed by atoms with Gasteiger partial charge in [-0.1, -0.05) is 13.0 Å². The summed E-state index contributed by atoms with van der Waals surface area (Å²) in [6.07, 6.45) is -3.95. The van der Waals surface area contributed by atoms with Crippen molar-refractivity contribution in [3.8, 4) is 0 Å². The van der Waals surface area contributed by atoms with Crippen LogP contribution < -0.4 is 5.32 Å². The van der Waals surface area contributed by atoms with Gasteiger partial charge in [-0.05, 0) is 24.1 Å². The fourth-order valence-corrected chi connectivity index (χ4v) is 2.67. The monoisotopic (exact) mass is 326 g/mol. The summed E-state index contributed by atoms with van der Waals surface area (Å²) < 4.78 is 51.7. The van der Waals surface area contributed by atoms with Crippen LogP contribution in [0.4, 0.5) is 17.6 Å². The van der Waals surface area contributed by atoms with Crippen molar-refractivity contribution >= 4 is 12.4 Å². The second-order valence-electron chi connectivity index (χ2n) is 4.95. The first-order chi connectivity index (χ1) is 9.43. The molecule has 1 aliphatic heterocycles. The molecule has 0 radical (unpaired) electrons. The lowest BCUT2D eigenvalue weighted by atomic mass is 9.99. The third-order valence-corrected chi connectivity index (χ3v) is 3.66. The molecule has 0 aromatic heterocycles. The third kappa shape index (κ3) is 4.31. The van der Waals surface area contributed by atoms with Crippen LogP contribution in [0.2, 0.25) is 0 Å². The topological polar surface area (TPSA) is 15.3 Å². The summed E-state index contributed by atoms with van der Waals surface area (Å²) in [6, 6.07) is 3.23. The number of piperazine rings is 1. The van der Waals surface area contributed by atoms with E-state index in [0.29, 0.717) is 12.0 Å². The molecule has 0 unspecified atom stereocenters. The van der Waals surface area contributed by atoms with Gasteiger partial charge in [-0.3, -0.25) is 4.90 Å². The van der Waals surface area contributed by atoms with Crippen LogP contribution in [0.1, 0.15) is 30.5 Å². The van der Waals surface area contributed by atoms with Crippen molar-refractivity contribution in [1.29, 1.82) is 0 Å². The molecule has 120 valence electrons. The number of hydrogen-bond acceptors (Lipinski definition) is 2. The maximum Gasteiger partial charge on any atom is 0.419 e. The highest BCUT2D eigenvalue weighted by atomic mass is 35.5. The average molecular weight is 327 g/mol. The van der Waals surface area contributed by atoms with E-state index in [1.165, 1.54) is 6.07 Å². The Morgan fingerprint density at radius 2 is 1.86 bits per heavy atom. The maximum atomic E-state index is 13.3. The third-order valence-electron chi connectivity index (χ3n) is 3.66. The fraction of sp³-hybridized carbons (Fsp3) is 0.571. The van der Waals surface area contributed by atoms with Gasteiger partial charge in [-0.25, -0.2) is 4.39 Å². The van der Waals surface area contributed by atoms with Gasteiger partial charge in [0.1, 0.15) is 5.82 Å². The number of alkyl halides is 3. The Bertz CT molecular complexity index is 459. The predicted molar refractivity (Wildman–Crippen MR) is 76.1 cm³/mol. The summed E-state index contributed by atoms with van der Waals surface area (Å²) in [4.78, 5) is 2.14. The summed E-state index contributed by atoms with van der Waals surface area (Å²) in [5, 5.41) is 3.21. The van der Waals surface area contributed by atoms with Gasteiger partial charge in [0.2, 0.25) is 0 Å². The number of rotatable bonds is 3. The van der Waals surface area contributed by atoms with Crippen molar-refractivity contribution in [2.24, 2.45) is 0 Å². The molecule has 0 spiro atoms. The van der Waals surface area contributed by atoms with Crippen LogP contribution in [0.3, 0.4) is 0 Å². The summed E-state index contributed by atoms with van der Waals surface area (Å²) in [7, 11) is 0. The van der Waals surface area contributed by atoms with Crippen molar-refractivity contribution in [3.05, 3.63) is 35.1 Å². The lowest BCUT2D eigenvalue weighted by Gasteiger charge is -2.35. The first-order valence-electron chi connectivity index (χ1n) is 6.75. The Labute approximate surface area is 127 Å². The van der Waals surface area contributed by atoms with E-state index in [0.717, 1.165) is 38.3 Å². The van der Waals surface area contributed by atoms with E-state index in [4.69, 9.17) is 0 Å². The Balaban J connectivity index is 0.00000220. The molecule has 0 aliphatic carbocycles. The number of nitrogens with one attached hydrogen (secondary N) is 1. The zero-order valence-corrected chi connectivity index (χ0v) is 12.5. The van der Waals surface area contributed by atoms with Crippen LogP contribution in [0, 0.1) is 5.82 Å². The molecule has 1 aromatic rings. The molecule has 0 saturated carbocycles. The number of hydrogen-bond donors (Lipinski definition) is 1. The molecule has 0 bridgehead atoms. The van der Waals surface area contributed by atoms with Crippen LogP contribution in [0.25, 0.3) is 0 Å². The summed E-state index contributed by atoms with van der Waals surface area (Å²) in [6.45, 7) is 5.16. The number of benzene rings is 1. The molecule has 1 saturated heterocycles. The first kappa shape index (κ1) is 18.2. The van der Waals surface area contributed by atoms with E-state index in [2.05, 4.69) is 10.2 Å². The Kier molecular flexibility index (Phi) is 6.43. The molecule has 1 fully saturated rings. The van der Waals surface area contributed by atoms with Crippen LogP contribution in [-0.4, -0.2) is 31.1 Å². The Morgan fingerprint density at radius 3 is 2.38 bits per heavy atom. The Hall–Kier alpha value is -0.850. The van der Waals surface area contributed by atoms with Crippen molar-refractivity contribution < 1.29 is 17.6 Å². The molecule has 21 heavy (non-hydrogen) atoms. The van der Waals surface area contributed by atoms with Gasteiger partial charge >= 0.3 is 6.18 Å². The van der Waals surface area contributed by atoms with Crippen molar-refractivity contribution in [3.63, 3.8) is 0 Å². The highest BCUT2D eigenvalue weighted by molar-refractivity contribution is 5.85. The zero-order chi connectivity index (χ0) is 14.8. The molecule has 1 aromatic carbocycles. The standard InChI is InChI=1S/C14H18F4N2.ClH/c1-2-13(20-7-5-19-6-8-20)10-3-4-12(15)11(9-10)14(16,17)18;/h3-4,9,13,19H,2,5-8H2,1H3;1H/t13-;/m1./s1. The molecular formula is C14H19ClF4N2. The number of nitrogens with zero attached hydrogens (tertiary/aromatic N) is 1. The smallest absolute Gasteiger partial charge is 0.314 e. The zero-order valence-electron chi connectivity index (χ0n) is 11.7. The van der Waals surface area contributed by atoms with Gasteiger partial charge in [0, 0.05) is 32.2 Å². The lowest BCUT2D eigenvalue weighted by Crippen LogP contribution is -2.45.